The Morgan fingerprint density at radius 2 is 2.07 bits per heavy atom. The second-order valence-corrected chi connectivity index (χ2v) is 4.86. The van der Waals surface area contributed by atoms with Crippen molar-refractivity contribution in [3.63, 3.8) is 0 Å². The van der Waals surface area contributed by atoms with Gasteiger partial charge in [-0.25, -0.2) is 0 Å². The van der Waals surface area contributed by atoms with Gasteiger partial charge in [0.1, 0.15) is 6.04 Å². The predicted octanol–water partition coefficient (Wildman–Crippen LogP) is -0.351. The third kappa shape index (κ3) is 3.94. The summed E-state index contributed by atoms with van der Waals surface area (Å²) in [6.07, 6.45) is 0.152. The van der Waals surface area contributed by atoms with Crippen molar-refractivity contribution in [1.82, 2.24) is 5.32 Å². The van der Waals surface area contributed by atoms with Crippen LogP contribution in [0.4, 0.5) is 0 Å². The van der Waals surface area contributed by atoms with Crippen molar-refractivity contribution >= 4 is 26.0 Å². The minimum absolute atomic E-state index is 0. The SMILES string of the molecule is Cl.O=C(O)C1NCCC1CP(=O)(O)O. The van der Waals surface area contributed by atoms with E-state index in [1.54, 1.807) is 0 Å². The largest absolute Gasteiger partial charge is 0.480 e. The van der Waals surface area contributed by atoms with Crippen LogP contribution in [0.5, 0.6) is 0 Å². The standard InChI is InChI=1S/C6H12NO5P.ClH/c8-6(9)5-4(1-2-7-5)3-13(10,11)12;/h4-5,7H,1-3H2,(H,8,9)(H2,10,11,12);1H. The van der Waals surface area contributed by atoms with Crippen LogP contribution in [0.15, 0.2) is 0 Å². The fourth-order valence-electron chi connectivity index (χ4n) is 1.55. The Kier molecular flexibility index (Phi) is 5.05. The molecular formula is C6H13ClNO5P. The molecule has 14 heavy (non-hydrogen) atoms. The number of nitrogens with one attached hydrogen (secondary N) is 1. The summed E-state index contributed by atoms with van der Waals surface area (Å²) in [5.74, 6) is -1.51. The molecule has 0 amide bonds. The van der Waals surface area contributed by atoms with Gasteiger partial charge in [-0.15, -0.1) is 12.4 Å². The Balaban J connectivity index is 0.00000169. The van der Waals surface area contributed by atoms with E-state index in [9.17, 15) is 9.36 Å². The van der Waals surface area contributed by atoms with Crippen LogP contribution < -0.4 is 5.32 Å². The first-order chi connectivity index (χ1) is 5.90. The summed E-state index contributed by atoms with van der Waals surface area (Å²) >= 11 is 0. The van der Waals surface area contributed by atoms with Crippen molar-refractivity contribution in [1.29, 1.82) is 0 Å². The summed E-state index contributed by atoms with van der Waals surface area (Å²) in [7, 11) is -4.10. The molecule has 1 fully saturated rings. The monoisotopic (exact) mass is 245 g/mol. The number of hydrogen-bond acceptors (Lipinski definition) is 3. The zero-order valence-corrected chi connectivity index (χ0v) is 9.00. The van der Waals surface area contributed by atoms with Crippen molar-refractivity contribution in [2.75, 3.05) is 12.7 Å². The first-order valence-electron chi connectivity index (χ1n) is 3.91. The van der Waals surface area contributed by atoms with E-state index in [-0.39, 0.29) is 18.6 Å². The van der Waals surface area contributed by atoms with Gasteiger partial charge in [0.05, 0.1) is 6.16 Å². The topological polar surface area (TPSA) is 107 Å². The van der Waals surface area contributed by atoms with Crippen LogP contribution in [0.25, 0.3) is 0 Å². The van der Waals surface area contributed by atoms with Crippen molar-refractivity contribution in [2.24, 2.45) is 5.92 Å². The van der Waals surface area contributed by atoms with Crippen LogP contribution in [0.1, 0.15) is 6.42 Å². The number of aliphatic carboxylic acids is 1. The van der Waals surface area contributed by atoms with Crippen LogP contribution in [-0.2, 0) is 9.36 Å². The summed E-state index contributed by atoms with van der Waals surface area (Å²) in [6.45, 7) is 0.502. The second kappa shape index (κ2) is 5.09. The van der Waals surface area contributed by atoms with Gasteiger partial charge in [0, 0.05) is 0 Å². The zero-order chi connectivity index (χ0) is 10.1. The number of hydrogen-bond donors (Lipinski definition) is 4. The highest BCUT2D eigenvalue weighted by Gasteiger charge is 2.36. The third-order valence-corrected chi connectivity index (χ3v) is 3.03. The molecule has 1 aliphatic heterocycles. The molecule has 1 aliphatic rings. The summed E-state index contributed by atoms with van der Waals surface area (Å²) in [5.41, 5.74) is 0. The van der Waals surface area contributed by atoms with E-state index in [1.807, 2.05) is 0 Å². The van der Waals surface area contributed by atoms with E-state index in [0.29, 0.717) is 13.0 Å². The number of carbonyl (C=O) groups is 1. The van der Waals surface area contributed by atoms with Gasteiger partial charge in [0.2, 0.25) is 0 Å². The number of rotatable bonds is 3. The molecule has 84 valence electrons. The van der Waals surface area contributed by atoms with E-state index in [1.165, 1.54) is 0 Å². The molecule has 6 nitrogen and oxygen atoms in total. The quantitative estimate of drug-likeness (QED) is 0.506. The highest BCUT2D eigenvalue weighted by molar-refractivity contribution is 7.51. The van der Waals surface area contributed by atoms with Gasteiger partial charge >= 0.3 is 13.6 Å². The molecular weight excluding hydrogens is 232 g/mol. The Morgan fingerprint density at radius 3 is 2.50 bits per heavy atom. The molecule has 0 saturated carbocycles. The fourth-order valence-corrected chi connectivity index (χ4v) is 2.55. The fraction of sp³-hybridized carbons (Fsp3) is 0.833. The van der Waals surface area contributed by atoms with E-state index in [2.05, 4.69) is 5.32 Å². The lowest BCUT2D eigenvalue weighted by molar-refractivity contribution is -0.139. The molecule has 0 aromatic heterocycles. The van der Waals surface area contributed by atoms with E-state index in [0.717, 1.165) is 0 Å². The number of carboxylic acids is 1. The van der Waals surface area contributed by atoms with Crippen molar-refractivity contribution in [3.05, 3.63) is 0 Å². The average molecular weight is 246 g/mol. The molecule has 0 bridgehead atoms. The highest BCUT2D eigenvalue weighted by atomic mass is 35.5. The molecule has 4 N–H and O–H groups in total. The van der Waals surface area contributed by atoms with Crippen LogP contribution in [0, 0.1) is 5.92 Å². The lowest BCUT2D eigenvalue weighted by Crippen LogP contribution is -2.36. The van der Waals surface area contributed by atoms with Crippen molar-refractivity contribution in [2.45, 2.75) is 12.5 Å². The molecule has 0 radical (unpaired) electrons. The summed E-state index contributed by atoms with van der Waals surface area (Å²) < 4.78 is 10.6. The zero-order valence-electron chi connectivity index (χ0n) is 7.29. The molecule has 1 rings (SSSR count). The van der Waals surface area contributed by atoms with E-state index in [4.69, 9.17) is 14.9 Å². The summed E-state index contributed by atoms with van der Waals surface area (Å²) in [6, 6.07) is -0.812. The van der Waals surface area contributed by atoms with Gasteiger partial charge in [0.15, 0.2) is 0 Å². The molecule has 0 aromatic carbocycles. The Hall–Kier alpha value is -0.130. The van der Waals surface area contributed by atoms with Crippen LogP contribution in [0.3, 0.4) is 0 Å². The lowest BCUT2D eigenvalue weighted by atomic mass is 10.0. The summed E-state index contributed by atoms with van der Waals surface area (Å²) in [5, 5.41) is 11.4. The van der Waals surface area contributed by atoms with Gasteiger partial charge in [-0.05, 0) is 18.9 Å². The maximum atomic E-state index is 10.6. The van der Waals surface area contributed by atoms with Gasteiger partial charge in [-0.2, -0.15) is 0 Å². The molecule has 1 heterocycles. The van der Waals surface area contributed by atoms with Crippen molar-refractivity contribution < 1.29 is 24.3 Å². The van der Waals surface area contributed by atoms with E-state index < -0.39 is 25.5 Å². The van der Waals surface area contributed by atoms with Gasteiger partial charge in [0.25, 0.3) is 0 Å². The average Bonchev–Trinajstić information content (AvgIpc) is 2.31. The first kappa shape index (κ1) is 13.9. The molecule has 2 atom stereocenters. The number of carboxylic acid groups (broad SMARTS) is 1. The normalized spacial score (nSPS) is 27.0. The minimum Gasteiger partial charge on any atom is -0.480 e. The second-order valence-electron chi connectivity index (χ2n) is 3.17. The maximum Gasteiger partial charge on any atom is 0.325 e. The van der Waals surface area contributed by atoms with Crippen molar-refractivity contribution in [3.8, 4) is 0 Å². The lowest BCUT2D eigenvalue weighted by Gasteiger charge is -2.15. The minimum atomic E-state index is -4.10. The maximum absolute atomic E-state index is 10.6. The van der Waals surface area contributed by atoms with Crippen LogP contribution in [0.2, 0.25) is 0 Å². The van der Waals surface area contributed by atoms with E-state index >= 15 is 0 Å². The Bertz CT molecular complexity index is 255. The Labute approximate surface area is 87.3 Å². The number of halogens is 1. The smallest absolute Gasteiger partial charge is 0.325 e. The Morgan fingerprint density at radius 1 is 1.50 bits per heavy atom. The van der Waals surface area contributed by atoms with Crippen LogP contribution >= 0.6 is 20.0 Å². The van der Waals surface area contributed by atoms with Crippen LogP contribution in [-0.4, -0.2) is 39.6 Å². The third-order valence-electron chi connectivity index (χ3n) is 2.09. The molecule has 0 aromatic rings. The molecule has 1 saturated heterocycles. The van der Waals surface area contributed by atoms with Gasteiger partial charge < -0.3 is 20.2 Å². The van der Waals surface area contributed by atoms with Gasteiger partial charge in [-0.3, -0.25) is 9.36 Å². The molecule has 0 spiro atoms. The highest BCUT2D eigenvalue weighted by Crippen LogP contribution is 2.39. The molecule has 2 unspecified atom stereocenters. The molecule has 8 heteroatoms. The predicted molar refractivity (Wildman–Crippen MR) is 51.7 cm³/mol. The molecule has 0 aliphatic carbocycles. The summed E-state index contributed by atoms with van der Waals surface area (Å²) in [4.78, 5) is 27.9. The van der Waals surface area contributed by atoms with Gasteiger partial charge in [-0.1, -0.05) is 0 Å². The first-order valence-corrected chi connectivity index (χ1v) is 5.70.